The van der Waals surface area contributed by atoms with Crippen LogP contribution in [0.3, 0.4) is 0 Å². The fraction of sp³-hybridized carbons (Fsp3) is 0.773. The van der Waals surface area contributed by atoms with Crippen molar-refractivity contribution < 1.29 is 14.6 Å². The smallest absolute Gasteiger partial charge is 0.254 e. The minimum Gasteiger partial charge on any atom is -0.390 e. The number of aliphatic hydroxyl groups is 1. The minimum atomic E-state index is -0.459. The Bertz CT molecular complexity index is 818. The SMILES string of the molecule is O=C(N[C@@H]1[C@@H]2CC3C[C@@](O)(C2)C[C@H]31)c1cnc(N2CCOCC2)nc1C1CCC1. The van der Waals surface area contributed by atoms with Crippen LogP contribution in [0.2, 0.25) is 0 Å². The Balaban J connectivity index is 1.24. The summed E-state index contributed by atoms with van der Waals surface area (Å²) < 4.78 is 5.44. The number of nitrogens with zero attached hydrogens (tertiary/aromatic N) is 3. The van der Waals surface area contributed by atoms with E-state index in [1.807, 2.05) is 0 Å². The van der Waals surface area contributed by atoms with E-state index in [1.54, 1.807) is 6.20 Å². The summed E-state index contributed by atoms with van der Waals surface area (Å²) in [5.74, 6) is 2.51. The highest BCUT2D eigenvalue weighted by atomic mass is 16.5. The number of morpholine rings is 1. The number of anilines is 1. The summed E-state index contributed by atoms with van der Waals surface area (Å²) in [7, 11) is 0. The van der Waals surface area contributed by atoms with Crippen molar-refractivity contribution in [2.45, 2.75) is 62.5 Å². The molecule has 1 aliphatic heterocycles. The molecule has 1 amide bonds. The van der Waals surface area contributed by atoms with E-state index in [0.29, 0.717) is 42.4 Å². The van der Waals surface area contributed by atoms with Crippen molar-refractivity contribution in [3.05, 3.63) is 17.5 Å². The van der Waals surface area contributed by atoms with E-state index in [1.165, 1.54) is 6.42 Å². The Morgan fingerprint density at radius 3 is 2.72 bits per heavy atom. The van der Waals surface area contributed by atoms with Crippen LogP contribution in [0.15, 0.2) is 6.20 Å². The van der Waals surface area contributed by atoms with Gasteiger partial charge in [-0.15, -0.1) is 0 Å². The van der Waals surface area contributed by atoms with E-state index in [4.69, 9.17) is 9.72 Å². The molecule has 5 atom stereocenters. The molecule has 5 saturated carbocycles. The number of carbonyl (C=O) groups is 1. The highest BCUT2D eigenvalue weighted by Gasteiger charge is 2.60. The molecule has 0 radical (unpaired) electrons. The lowest BCUT2D eigenvalue weighted by Gasteiger charge is -2.38. The average Bonchev–Trinajstić information content (AvgIpc) is 3.05. The van der Waals surface area contributed by atoms with Gasteiger partial charge in [-0.1, -0.05) is 6.42 Å². The quantitative estimate of drug-likeness (QED) is 0.805. The molecule has 1 unspecified atom stereocenters. The van der Waals surface area contributed by atoms with Gasteiger partial charge >= 0.3 is 0 Å². The van der Waals surface area contributed by atoms with Gasteiger partial charge in [0.2, 0.25) is 5.95 Å². The summed E-state index contributed by atoms with van der Waals surface area (Å²) in [5.41, 5.74) is 1.12. The third kappa shape index (κ3) is 2.96. The number of hydrogen-bond acceptors (Lipinski definition) is 6. The van der Waals surface area contributed by atoms with Gasteiger partial charge in [0.15, 0.2) is 0 Å². The van der Waals surface area contributed by atoms with Gasteiger partial charge in [0, 0.05) is 31.2 Å². The highest BCUT2D eigenvalue weighted by molar-refractivity contribution is 5.95. The maximum atomic E-state index is 13.3. The first kappa shape index (κ1) is 18.1. The van der Waals surface area contributed by atoms with Gasteiger partial charge in [-0.2, -0.15) is 0 Å². The van der Waals surface area contributed by atoms with Crippen molar-refractivity contribution in [1.29, 1.82) is 0 Å². The molecule has 0 aromatic carbocycles. The predicted molar refractivity (Wildman–Crippen MR) is 107 cm³/mol. The predicted octanol–water partition coefficient (Wildman–Crippen LogP) is 1.86. The zero-order chi connectivity index (χ0) is 19.6. The Kier molecular flexibility index (Phi) is 4.14. The Hall–Kier alpha value is -1.73. The van der Waals surface area contributed by atoms with Gasteiger partial charge in [0.25, 0.3) is 5.91 Å². The molecule has 6 fully saturated rings. The molecule has 29 heavy (non-hydrogen) atoms. The number of nitrogens with one attached hydrogen (secondary N) is 1. The van der Waals surface area contributed by atoms with E-state index in [-0.39, 0.29) is 11.9 Å². The average molecular weight is 399 g/mol. The van der Waals surface area contributed by atoms with Gasteiger partial charge in [-0.05, 0) is 56.3 Å². The Labute approximate surface area is 171 Å². The van der Waals surface area contributed by atoms with Gasteiger partial charge in [-0.3, -0.25) is 4.79 Å². The van der Waals surface area contributed by atoms with Crippen molar-refractivity contribution in [3.63, 3.8) is 0 Å². The van der Waals surface area contributed by atoms with Crippen LogP contribution < -0.4 is 10.2 Å². The summed E-state index contributed by atoms with van der Waals surface area (Å²) in [4.78, 5) is 24.9. The van der Waals surface area contributed by atoms with Crippen LogP contribution in [-0.2, 0) is 4.74 Å². The lowest BCUT2D eigenvalue weighted by Crippen LogP contribution is -2.48. The van der Waals surface area contributed by atoms with Crippen LogP contribution in [0.25, 0.3) is 0 Å². The Morgan fingerprint density at radius 1 is 1.21 bits per heavy atom. The molecule has 6 aliphatic rings. The number of aromatic nitrogens is 2. The number of rotatable bonds is 4. The maximum Gasteiger partial charge on any atom is 0.254 e. The summed E-state index contributed by atoms with van der Waals surface area (Å²) in [5, 5.41) is 14.0. The molecule has 7 nitrogen and oxygen atoms in total. The first-order valence-corrected chi connectivity index (χ1v) is 11.3. The van der Waals surface area contributed by atoms with E-state index in [9.17, 15) is 9.90 Å². The fourth-order valence-corrected chi connectivity index (χ4v) is 6.68. The third-order valence-corrected chi connectivity index (χ3v) is 8.21. The first-order chi connectivity index (χ1) is 14.1. The standard InChI is InChI=1S/C22H30N4O3/c27-20(24-19-15-8-14-9-22(28,10-15)11-16(14)19)17-12-23-21(26-4-6-29-7-5-26)25-18(17)13-2-1-3-13/h12-16,19,28H,1-11H2,(H,24,27)/t14?,15-,16-,19-,22-/m1/s1. The second kappa shape index (κ2) is 6.64. The van der Waals surface area contributed by atoms with Crippen molar-refractivity contribution in [3.8, 4) is 0 Å². The molecule has 7 heteroatoms. The molecule has 2 heterocycles. The van der Waals surface area contributed by atoms with Gasteiger partial charge in [0.1, 0.15) is 0 Å². The molecule has 1 aromatic heterocycles. The molecule has 1 aromatic rings. The van der Waals surface area contributed by atoms with Crippen LogP contribution in [0, 0.1) is 17.8 Å². The van der Waals surface area contributed by atoms with Gasteiger partial charge in [-0.25, -0.2) is 9.97 Å². The lowest BCUT2D eigenvalue weighted by molar-refractivity contribution is -0.0192. The van der Waals surface area contributed by atoms with Crippen molar-refractivity contribution in [2.24, 2.45) is 17.8 Å². The topological polar surface area (TPSA) is 87.6 Å². The largest absolute Gasteiger partial charge is 0.390 e. The van der Waals surface area contributed by atoms with E-state index in [2.05, 4.69) is 15.2 Å². The second-order valence-electron chi connectivity index (χ2n) is 9.95. The van der Waals surface area contributed by atoms with Crippen LogP contribution in [0.5, 0.6) is 0 Å². The molecular weight excluding hydrogens is 368 g/mol. The molecule has 5 aliphatic carbocycles. The van der Waals surface area contributed by atoms with Crippen LogP contribution in [-0.4, -0.2) is 58.9 Å². The van der Waals surface area contributed by atoms with Crippen LogP contribution >= 0.6 is 0 Å². The summed E-state index contributed by atoms with van der Waals surface area (Å²) in [6, 6.07) is 0.198. The molecular formula is C22H30N4O3. The molecule has 4 bridgehead atoms. The summed E-state index contributed by atoms with van der Waals surface area (Å²) >= 11 is 0. The maximum absolute atomic E-state index is 13.3. The van der Waals surface area contributed by atoms with Crippen molar-refractivity contribution in [1.82, 2.24) is 15.3 Å². The lowest BCUT2D eigenvalue weighted by atomic mass is 9.76. The zero-order valence-electron chi connectivity index (χ0n) is 16.8. The van der Waals surface area contributed by atoms with Crippen LogP contribution in [0.1, 0.15) is 66.9 Å². The second-order valence-corrected chi connectivity index (χ2v) is 9.95. The number of ether oxygens (including phenoxy) is 1. The van der Waals surface area contributed by atoms with Crippen molar-refractivity contribution in [2.75, 3.05) is 31.2 Å². The van der Waals surface area contributed by atoms with Crippen molar-refractivity contribution >= 4 is 11.9 Å². The minimum absolute atomic E-state index is 0.0200. The molecule has 7 rings (SSSR count). The molecule has 156 valence electrons. The van der Waals surface area contributed by atoms with Gasteiger partial charge in [0.05, 0.1) is 30.1 Å². The Morgan fingerprint density at radius 2 is 2.00 bits per heavy atom. The third-order valence-electron chi connectivity index (χ3n) is 8.21. The number of carbonyl (C=O) groups excluding carboxylic acids is 1. The highest BCUT2D eigenvalue weighted by Crippen LogP contribution is 2.60. The van der Waals surface area contributed by atoms with Gasteiger partial charge < -0.3 is 20.1 Å². The van der Waals surface area contributed by atoms with E-state index >= 15 is 0 Å². The van der Waals surface area contributed by atoms with Crippen LogP contribution in [0.4, 0.5) is 5.95 Å². The monoisotopic (exact) mass is 398 g/mol. The van der Waals surface area contributed by atoms with E-state index in [0.717, 1.165) is 63.3 Å². The fourth-order valence-electron chi connectivity index (χ4n) is 6.68. The van der Waals surface area contributed by atoms with E-state index < -0.39 is 5.60 Å². The number of amides is 1. The number of hydrogen-bond donors (Lipinski definition) is 2. The zero-order valence-corrected chi connectivity index (χ0v) is 16.8. The molecule has 1 saturated heterocycles. The molecule has 2 N–H and O–H groups in total. The summed E-state index contributed by atoms with van der Waals surface area (Å²) in [6.45, 7) is 2.99. The summed E-state index contributed by atoms with van der Waals surface area (Å²) in [6.07, 6.45) is 8.92. The molecule has 0 spiro atoms. The normalized spacial score (nSPS) is 38.3. The first-order valence-electron chi connectivity index (χ1n) is 11.3.